The molecule has 0 saturated heterocycles. The van der Waals surface area contributed by atoms with Crippen molar-refractivity contribution in [3.8, 4) is 27.3 Å². The van der Waals surface area contributed by atoms with Crippen LogP contribution in [0.3, 0.4) is 0 Å². The van der Waals surface area contributed by atoms with Crippen LogP contribution in [-0.2, 0) is 0 Å². The molecule has 24 heavy (non-hydrogen) atoms. The predicted octanol–water partition coefficient (Wildman–Crippen LogP) is 4.87. The highest BCUT2D eigenvalue weighted by molar-refractivity contribution is 7.17. The van der Waals surface area contributed by atoms with Crippen molar-refractivity contribution in [2.45, 2.75) is 6.92 Å². The van der Waals surface area contributed by atoms with Crippen molar-refractivity contribution in [3.63, 3.8) is 0 Å². The lowest BCUT2D eigenvalue weighted by molar-refractivity contribution is 0.102. The number of aromatic amines is 1. The Morgan fingerprint density at radius 2 is 2.04 bits per heavy atom. The lowest BCUT2D eigenvalue weighted by Gasteiger charge is -2.03. The maximum absolute atomic E-state index is 11.5. The maximum atomic E-state index is 11.5. The lowest BCUT2D eigenvalue weighted by Crippen LogP contribution is -1.83. The van der Waals surface area contributed by atoms with Gasteiger partial charge < -0.3 is 10.1 Å². The number of aromatic nitrogens is 2. The van der Waals surface area contributed by atoms with Gasteiger partial charge in [0.2, 0.25) is 0 Å². The minimum absolute atomic E-state index is 0.0738. The van der Waals surface area contributed by atoms with E-state index < -0.39 is 0 Å². The topological polar surface area (TPSA) is 66.0 Å². The molecule has 3 heterocycles. The lowest BCUT2D eigenvalue weighted by atomic mass is 10.1. The number of pyridine rings is 1. The molecule has 2 N–H and O–H groups in total. The molecule has 0 aliphatic heterocycles. The minimum Gasteiger partial charge on any atom is -0.508 e. The van der Waals surface area contributed by atoms with Crippen molar-refractivity contribution in [1.29, 1.82) is 0 Å². The fourth-order valence-corrected chi connectivity index (χ4v) is 3.65. The summed E-state index contributed by atoms with van der Waals surface area (Å²) in [5.41, 5.74) is 3.67. The number of thiophene rings is 1. The van der Waals surface area contributed by atoms with Gasteiger partial charge in [-0.3, -0.25) is 4.79 Å². The number of ketones is 1. The van der Waals surface area contributed by atoms with Crippen molar-refractivity contribution >= 4 is 28.2 Å². The SMILES string of the molecule is CC(=O)c1ccc(-c2c[nH]c3ncc(-c4cccc(O)c4)cc23)s1. The summed E-state index contributed by atoms with van der Waals surface area (Å²) in [4.78, 5) is 21.0. The Labute approximate surface area is 142 Å². The molecule has 5 heteroatoms. The number of phenols is 1. The summed E-state index contributed by atoms with van der Waals surface area (Å²) in [6.45, 7) is 1.58. The zero-order valence-corrected chi connectivity index (χ0v) is 13.7. The average Bonchev–Trinajstić information content (AvgIpc) is 3.21. The third-order valence-corrected chi connectivity index (χ3v) is 5.15. The quantitative estimate of drug-likeness (QED) is 0.525. The van der Waals surface area contributed by atoms with Crippen LogP contribution in [0.4, 0.5) is 0 Å². The summed E-state index contributed by atoms with van der Waals surface area (Å²) in [6, 6.07) is 13.0. The first kappa shape index (κ1) is 14.7. The molecule has 0 fully saturated rings. The normalized spacial score (nSPS) is 11.0. The zero-order chi connectivity index (χ0) is 16.7. The fourth-order valence-electron chi connectivity index (χ4n) is 2.72. The summed E-state index contributed by atoms with van der Waals surface area (Å²) in [5, 5.41) is 10.7. The Hall–Kier alpha value is -2.92. The number of carbonyl (C=O) groups excluding carboxylic acids is 1. The Kier molecular flexibility index (Phi) is 3.43. The number of carbonyl (C=O) groups is 1. The fraction of sp³-hybridized carbons (Fsp3) is 0.0526. The molecule has 0 bridgehead atoms. The van der Waals surface area contributed by atoms with E-state index in [4.69, 9.17) is 0 Å². The van der Waals surface area contributed by atoms with E-state index in [-0.39, 0.29) is 11.5 Å². The van der Waals surface area contributed by atoms with Gasteiger partial charge in [0.25, 0.3) is 0 Å². The van der Waals surface area contributed by atoms with E-state index in [0.29, 0.717) is 0 Å². The van der Waals surface area contributed by atoms with E-state index in [1.165, 1.54) is 11.3 Å². The van der Waals surface area contributed by atoms with Crippen LogP contribution < -0.4 is 0 Å². The number of aromatic hydroxyl groups is 1. The molecule has 118 valence electrons. The maximum Gasteiger partial charge on any atom is 0.169 e. The minimum atomic E-state index is 0.0738. The van der Waals surface area contributed by atoms with Gasteiger partial charge >= 0.3 is 0 Å². The highest BCUT2D eigenvalue weighted by atomic mass is 32.1. The molecular formula is C19H14N2O2S. The summed E-state index contributed by atoms with van der Waals surface area (Å²) in [7, 11) is 0. The molecule has 0 aliphatic carbocycles. The van der Waals surface area contributed by atoms with Gasteiger partial charge in [-0.05, 0) is 42.8 Å². The molecule has 0 saturated carbocycles. The van der Waals surface area contributed by atoms with Crippen LogP contribution in [-0.4, -0.2) is 20.9 Å². The van der Waals surface area contributed by atoms with Gasteiger partial charge in [0.15, 0.2) is 5.78 Å². The highest BCUT2D eigenvalue weighted by Crippen LogP contribution is 2.35. The third-order valence-electron chi connectivity index (χ3n) is 3.93. The second-order valence-electron chi connectivity index (χ2n) is 5.59. The van der Waals surface area contributed by atoms with Crippen molar-refractivity contribution in [2.24, 2.45) is 0 Å². The molecule has 4 aromatic rings. The van der Waals surface area contributed by atoms with Crippen LogP contribution in [0.15, 0.2) is 54.9 Å². The first-order chi connectivity index (χ1) is 11.6. The van der Waals surface area contributed by atoms with Crippen molar-refractivity contribution in [1.82, 2.24) is 9.97 Å². The molecule has 0 amide bonds. The standard InChI is InChI=1S/C19H14N2O2S/c1-11(22)17-5-6-18(24-17)16-10-21-19-15(16)8-13(9-20-19)12-3-2-4-14(23)7-12/h2-10,23H,1H3,(H,20,21). The van der Waals surface area contributed by atoms with Gasteiger partial charge in [-0.1, -0.05) is 12.1 Å². The first-order valence-corrected chi connectivity index (χ1v) is 8.31. The second-order valence-corrected chi connectivity index (χ2v) is 6.68. The average molecular weight is 334 g/mol. The van der Waals surface area contributed by atoms with Crippen molar-refractivity contribution in [3.05, 3.63) is 59.7 Å². The molecular weight excluding hydrogens is 320 g/mol. The van der Waals surface area contributed by atoms with Crippen LogP contribution in [0.5, 0.6) is 5.75 Å². The van der Waals surface area contributed by atoms with Crippen LogP contribution in [0.2, 0.25) is 0 Å². The summed E-state index contributed by atoms with van der Waals surface area (Å²) in [6.07, 6.45) is 3.70. The van der Waals surface area contributed by atoms with E-state index in [1.54, 1.807) is 25.3 Å². The molecule has 3 aromatic heterocycles. The summed E-state index contributed by atoms with van der Waals surface area (Å²) < 4.78 is 0. The Bertz CT molecular complexity index is 1060. The van der Waals surface area contributed by atoms with E-state index >= 15 is 0 Å². The highest BCUT2D eigenvalue weighted by Gasteiger charge is 2.12. The Balaban J connectivity index is 1.85. The molecule has 4 rings (SSSR count). The number of fused-ring (bicyclic) bond motifs is 1. The summed E-state index contributed by atoms with van der Waals surface area (Å²) in [5.74, 6) is 0.302. The van der Waals surface area contributed by atoms with E-state index in [1.807, 2.05) is 30.5 Å². The predicted molar refractivity (Wildman–Crippen MR) is 96.5 cm³/mol. The van der Waals surface area contributed by atoms with Crippen LogP contribution in [0, 0.1) is 0 Å². The molecule has 0 atom stereocenters. The molecule has 1 aromatic carbocycles. The molecule has 4 nitrogen and oxygen atoms in total. The summed E-state index contributed by atoms with van der Waals surface area (Å²) >= 11 is 1.48. The number of hydrogen-bond donors (Lipinski definition) is 2. The van der Waals surface area contributed by atoms with Crippen molar-refractivity contribution < 1.29 is 9.90 Å². The number of phenolic OH excluding ortho intramolecular Hbond substituents is 1. The Morgan fingerprint density at radius 3 is 2.79 bits per heavy atom. The number of H-pyrrole nitrogens is 1. The van der Waals surface area contributed by atoms with Gasteiger partial charge in [0.05, 0.1) is 4.88 Å². The number of benzene rings is 1. The molecule has 0 aliphatic rings. The van der Waals surface area contributed by atoms with Gasteiger partial charge in [-0.25, -0.2) is 4.98 Å². The number of hydrogen-bond acceptors (Lipinski definition) is 4. The Morgan fingerprint density at radius 1 is 1.17 bits per heavy atom. The number of Topliss-reactive ketones (excluding diaryl/α,β-unsaturated/α-hetero) is 1. The molecule has 0 radical (unpaired) electrons. The van der Waals surface area contributed by atoms with Gasteiger partial charge in [-0.2, -0.15) is 0 Å². The van der Waals surface area contributed by atoms with E-state index in [0.717, 1.165) is 37.5 Å². The largest absolute Gasteiger partial charge is 0.508 e. The number of nitrogens with zero attached hydrogens (tertiary/aromatic N) is 1. The number of nitrogens with one attached hydrogen (secondary N) is 1. The van der Waals surface area contributed by atoms with Crippen LogP contribution >= 0.6 is 11.3 Å². The van der Waals surface area contributed by atoms with Gasteiger partial charge in [0.1, 0.15) is 11.4 Å². The monoisotopic (exact) mass is 334 g/mol. The van der Waals surface area contributed by atoms with E-state index in [2.05, 4.69) is 16.0 Å². The number of rotatable bonds is 3. The zero-order valence-electron chi connectivity index (χ0n) is 12.9. The van der Waals surface area contributed by atoms with Crippen LogP contribution in [0.25, 0.3) is 32.6 Å². The molecule has 0 unspecified atom stereocenters. The van der Waals surface area contributed by atoms with E-state index in [9.17, 15) is 9.90 Å². The van der Waals surface area contributed by atoms with Gasteiger partial charge in [-0.15, -0.1) is 11.3 Å². The van der Waals surface area contributed by atoms with Gasteiger partial charge in [0, 0.05) is 33.8 Å². The molecule has 0 spiro atoms. The van der Waals surface area contributed by atoms with Crippen molar-refractivity contribution in [2.75, 3.05) is 0 Å². The smallest absolute Gasteiger partial charge is 0.169 e. The first-order valence-electron chi connectivity index (χ1n) is 7.49. The second kappa shape index (κ2) is 5.62. The third kappa shape index (κ3) is 2.49. The van der Waals surface area contributed by atoms with Crippen LogP contribution in [0.1, 0.15) is 16.6 Å².